The van der Waals surface area contributed by atoms with Gasteiger partial charge in [0.1, 0.15) is 19.8 Å². The first-order valence-corrected chi connectivity index (χ1v) is 23.9. The van der Waals surface area contributed by atoms with Crippen molar-refractivity contribution in [3.63, 3.8) is 0 Å². The Bertz CT molecular complexity index is 2200. The molecule has 0 amide bonds. The van der Waals surface area contributed by atoms with Gasteiger partial charge in [0, 0.05) is 78.0 Å². The Morgan fingerprint density at radius 3 is 2.02 bits per heavy atom. The number of hydrogen-bond acceptors (Lipinski definition) is 7. The van der Waals surface area contributed by atoms with Gasteiger partial charge in [-0.25, -0.2) is 9.15 Å². The zero-order chi connectivity index (χ0) is 45.6. The lowest BCUT2D eigenvalue weighted by Gasteiger charge is -2.33. The zero-order valence-electron chi connectivity index (χ0n) is 39.9. The van der Waals surface area contributed by atoms with E-state index in [1.165, 1.54) is 61.5 Å². The van der Waals surface area contributed by atoms with Gasteiger partial charge in [0.05, 0.1) is 38.8 Å². The number of allylic oxidation sites excluding steroid dienone is 1. The summed E-state index contributed by atoms with van der Waals surface area (Å²) >= 11 is 0. The van der Waals surface area contributed by atoms with Gasteiger partial charge in [0.25, 0.3) is 0 Å². The van der Waals surface area contributed by atoms with Crippen LogP contribution in [0.4, 0.5) is 0 Å². The first-order chi connectivity index (χ1) is 32.0. The Labute approximate surface area is 390 Å². The van der Waals surface area contributed by atoms with Gasteiger partial charge in [0.15, 0.2) is 31.1 Å². The maximum absolute atomic E-state index is 6.43. The molecule has 2 N–H and O–H groups in total. The van der Waals surface area contributed by atoms with E-state index < -0.39 is 0 Å². The highest BCUT2D eigenvalue weighted by Crippen LogP contribution is 2.41. The summed E-state index contributed by atoms with van der Waals surface area (Å²) in [6.45, 7) is 20.2. The van der Waals surface area contributed by atoms with Crippen LogP contribution in [-0.4, -0.2) is 141 Å². The second-order valence-electron chi connectivity index (χ2n) is 17.3. The molecule has 2 aliphatic rings. The molecule has 0 saturated heterocycles. The smallest absolute Gasteiger partial charge is 0.186 e. The van der Waals surface area contributed by atoms with E-state index in [1.807, 2.05) is 0 Å². The van der Waals surface area contributed by atoms with Crippen molar-refractivity contribution in [2.24, 2.45) is 0 Å². The van der Waals surface area contributed by atoms with Crippen molar-refractivity contribution < 1.29 is 32.8 Å². The van der Waals surface area contributed by atoms with E-state index in [1.54, 1.807) is 28.4 Å². The minimum absolute atomic E-state index is 0.181. The Morgan fingerprint density at radius 1 is 0.600 bits per heavy atom. The van der Waals surface area contributed by atoms with Gasteiger partial charge in [-0.2, -0.15) is 0 Å². The highest BCUT2D eigenvalue weighted by atomic mass is 16.5. The van der Waals surface area contributed by atoms with E-state index in [0.717, 1.165) is 96.5 Å². The van der Waals surface area contributed by atoms with Crippen molar-refractivity contribution in [3.8, 4) is 0 Å². The molecule has 0 aromatic heterocycles. The monoisotopic (exact) mass is 885 g/mol. The average molecular weight is 885 g/mol. The largest absolute Gasteiger partial charge is 0.383 e. The Kier molecular flexibility index (Phi) is 20.8. The summed E-state index contributed by atoms with van der Waals surface area (Å²) in [7, 11) is 7.09. The van der Waals surface area contributed by atoms with E-state index in [0.29, 0.717) is 39.6 Å². The second kappa shape index (κ2) is 27.2. The van der Waals surface area contributed by atoms with Crippen molar-refractivity contribution in [1.29, 1.82) is 0 Å². The molecule has 0 aliphatic carbocycles. The Morgan fingerprint density at radius 2 is 1.23 bits per heavy atom. The summed E-state index contributed by atoms with van der Waals surface area (Å²) < 4.78 is 33.5. The molecule has 4 aromatic rings. The number of nitrogens with one attached hydrogen (secondary N) is 2. The van der Waals surface area contributed by atoms with Crippen LogP contribution in [-0.2, 0) is 36.5 Å². The number of hydrogen-bond donors (Lipinski definition) is 2. The molecule has 9 nitrogen and oxygen atoms in total. The molecule has 0 bridgehead atoms. The van der Waals surface area contributed by atoms with Crippen LogP contribution in [0.15, 0.2) is 110 Å². The third-order valence-corrected chi connectivity index (χ3v) is 13.2. The summed E-state index contributed by atoms with van der Waals surface area (Å²) in [4.78, 5) is 0. The standard InChI is InChI=1S/C56H76N4O5/c1-43(23-24-55-49-19-10-8-16-46(49)26-32-59(55)33-39-63-5)48-18-11-12-20-50(48)53(41-58-31-38-62-4)54-42-60(34-40-64-6)56(52-22-14-13-21-51(52)54)28-36-65-35-27-44(2)47-17-9-7-15-45(47)25-29-57-30-37-61-3/h7-22,53-54,57-58H,1-2,23-42H2,3-6H3/q+2. The molecule has 2 unspecified atom stereocenters. The number of ether oxygens (including phenoxy) is 5. The molecule has 2 aliphatic heterocycles. The van der Waals surface area contributed by atoms with E-state index in [2.05, 4.69) is 123 Å². The molecule has 0 saturated carbocycles. The maximum atomic E-state index is 6.43. The van der Waals surface area contributed by atoms with Crippen LogP contribution in [0.25, 0.3) is 11.1 Å². The number of fused-ring (bicyclic) bond motifs is 2. The van der Waals surface area contributed by atoms with Crippen LogP contribution in [0.1, 0.15) is 82.0 Å². The summed E-state index contributed by atoms with van der Waals surface area (Å²) in [5.74, 6) is 0.402. The molecule has 6 rings (SSSR count). The fourth-order valence-electron chi connectivity index (χ4n) is 9.74. The first kappa shape index (κ1) is 49.8. The quantitative estimate of drug-likeness (QED) is 0.0406. The molecule has 0 radical (unpaired) electrons. The molecule has 348 valence electrons. The topological polar surface area (TPSA) is 76.2 Å². The van der Waals surface area contributed by atoms with Crippen molar-refractivity contribution in [3.05, 3.63) is 155 Å². The summed E-state index contributed by atoms with van der Waals surface area (Å²) in [6.07, 6.45) is 5.41. The van der Waals surface area contributed by atoms with Crippen LogP contribution < -0.4 is 10.6 Å². The molecule has 0 fully saturated rings. The van der Waals surface area contributed by atoms with E-state index >= 15 is 0 Å². The molecule has 9 heteroatoms. The van der Waals surface area contributed by atoms with Crippen molar-refractivity contribution in [2.45, 2.75) is 50.4 Å². The Hall–Kier alpha value is -4.58. The lowest BCUT2D eigenvalue weighted by atomic mass is 9.74. The molecule has 4 aromatic carbocycles. The highest BCUT2D eigenvalue weighted by molar-refractivity contribution is 6.00. The molecule has 2 atom stereocenters. The van der Waals surface area contributed by atoms with Gasteiger partial charge in [-0.3, -0.25) is 0 Å². The molecule has 0 spiro atoms. The molecular weight excluding hydrogens is 809 g/mol. The van der Waals surface area contributed by atoms with Gasteiger partial charge >= 0.3 is 0 Å². The van der Waals surface area contributed by atoms with Crippen LogP contribution in [0.5, 0.6) is 0 Å². The van der Waals surface area contributed by atoms with Gasteiger partial charge in [0.2, 0.25) is 0 Å². The van der Waals surface area contributed by atoms with E-state index in [-0.39, 0.29) is 11.8 Å². The number of rotatable bonds is 30. The minimum atomic E-state index is 0.181. The van der Waals surface area contributed by atoms with Crippen molar-refractivity contribution in [2.75, 3.05) is 120 Å². The second-order valence-corrected chi connectivity index (χ2v) is 17.3. The van der Waals surface area contributed by atoms with Crippen molar-refractivity contribution >= 4 is 22.6 Å². The predicted molar refractivity (Wildman–Crippen MR) is 267 cm³/mol. The van der Waals surface area contributed by atoms with Gasteiger partial charge in [-0.15, -0.1) is 0 Å². The van der Waals surface area contributed by atoms with Crippen LogP contribution in [0, 0.1) is 0 Å². The van der Waals surface area contributed by atoms with Crippen LogP contribution >= 0.6 is 0 Å². The molecular formula is C56H76N4O5+2. The zero-order valence-corrected chi connectivity index (χ0v) is 39.9. The fourth-order valence-corrected chi connectivity index (χ4v) is 9.74. The van der Waals surface area contributed by atoms with Gasteiger partial charge in [-0.1, -0.05) is 98.1 Å². The lowest BCUT2D eigenvalue weighted by Crippen LogP contribution is -2.40. The summed E-state index contributed by atoms with van der Waals surface area (Å²) in [5.41, 5.74) is 15.7. The van der Waals surface area contributed by atoms with E-state index in [4.69, 9.17) is 30.3 Å². The number of benzene rings is 4. The van der Waals surface area contributed by atoms with Crippen molar-refractivity contribution in [1.82, 2.24) is 10.6 Å². The molecule has 65 heavy (non-hydrogen) atoms. The fraction of sp³-hybridized carbons (Fsp3) is 0.464. The number of nitrogens with zero attached hydrogens (tertiary/aromatic N) is 2. The van der Waals surface area contributed by atoms with Crippen LogP contribution in [0.3, 0.4) is 0 Å². The van der Waals surface area contributed by atoms with Gasteiger partial charge < -0.3 is 34.3 Å². The third kappa shape index (κ3) is 14.0. The summed E-state index contributed by atoms with van der Waals surface area (Å²) in [5, 5.41) is 7.26. The SMILES string of the molecule is C=C(CCOCCC1=[N+](CCOC)CC(C(CNCCOC)c2ccccc2C(=C)CCC2=[N+](CCOC)CCc3ccccc32)c2ccccc21)c1ccccc1CCNCCOC. The molecule has 2 heterocycles. The van der Waals surface area contributed by atoms with Crippen LogP contribution in [0.2, 0.25) is 0 Å². The lowest BCUT2D eigenvalue weighted by molar-refractivity contribution is -0.536. The highest BCUT2D eigenvalue weighted by Gasteiger charge is 2.38. The Balaban J connectivity index is 1.20. The predicted octanol–water partition coefficient (Wildman–Crippen LogP) is 8.04. The van der Waals surface area contributed by atoms with Gasteiger partial charge in [-0.05, 0) is 82.5 Å². The first-order valence-electron chi connectivity index (χ1n) is 23.9. The minimum Gasteiger partial charge on any atom is -0.383 e. The average Bonchev–Trinajstić information content (AvgIpc) is 3.34. The number of methoxy groups -OCH3 is 4. The van der Waals surface area contributed by atoms with E-state index in [9.17, 15) is 0 Å². The summed E-state index contributed by atoms with van der Waals surface area (Å²) in [6, 6.07) is 35.6. The third-order valence-electron chi connectivity index (χ3n) is 13.2. The maximum Gasteiger partial charge on any atom is 0.186 e. The normalized spacial score (nSPS) is 15.2.